The van der Waals surface area contributed by atoms with Crippen molar-refractivity contribution < 1.29 is 10.2 Å². The molecule has 0 saturated carbocycles. The molecule has 0 bridgehead atoms. The van der Waals surface area contributed by atoms with Crippen LogP contribution in [0.25, 0.3) is 0 Å². The van der Waals surface area contributed by atoms with E-state index in [0.29, 0.717) is 17.3 Å². The molecule has 1 aromatic heterocycles. The summed E-state index contributed by atoms with van der Waals surface area (Å²) >= 11 is 6.14. The zero-order valence-corrected chi connectivity index (χ0v) is 13.9. The predicted octanol–water partition coefficient (Wildman–Crippen LogP) is 4.08. The number of nitriles is 1. The molecule has 0 fully saturated rings. The highest BCUT2D eigenvalue weighted by molar-refractivity contribution is 6.31. The molecule has 1 aromatic carbocycles. The van der Waals surface area contributed by atoms with Crippen LogP contribution in [0.5, 0.6) is 11.6 Å². The Kier molecular flexibility index (Phi) is 4.12. The van der Waals surface area contributed by atoms with Gasteiger partial charge in [0, 0.05) is 10.4 Å². The second kappa shape index (κ2) is 5.58. The number of nitrogens with zero attached hydrogens (tertiary/aromatic N) is 2. The summed E-state index contributed by atoms with van der Waals surface area (Å²) in [6.45, 7) is 8.00. The van der Waals surface area contributed by atoms with Crippen molar-refractivity contribution in [3.8, 4) is 17.7 Å². The van der Waals surface area contributed by atoms with E-state index >= 15 is 0 Å². The first kappa shape index (κ1) is 16.3. The molecule has 0 radical (unpaired) electrons. The van der Waals surface area contributed by atoms with Gasteiger partial charge in [0.2, 0.25) is 5.88 Å². The van der Waals surface area contributed by atoms with Crippen molar-refractivity contribution in [3.63, 3.8) is 0 Å². The molecule has 0 amide bonds. The monoisotopic (exact) mass is 318 g/mol. The molecule has 0 aliphatic rings. The second-order valence-corrected chi connectivity index (χ2v) is 6.83. The third-order valence-electron chi connectivity index (χ3n) is 3.61. The predicted molar refractivity (Wildman–Crippen MR) is 86.5 cm³/mol. The number of rotatable bonds is 2. The Labute approximate surface area is 135 Å². The van der Waals surface area contributed by atoms with E-state index in [9.17, 15) is 10.2 Å². The van der Waals surface area contributed by atoms with Crippen molar-refractivity contribution in [2.75, 3.05) is 0 Å². The molecule has 0 atom stereocenters. The highest BCUT2D eigenvalue weighted by atomic mass is 35.5. The number of benzene rings is 1. The lowest BCUT2D eigenvalue weighted by Gasteiger charge is -2.22. The summed E-state index contributed by atoms with van der Waals surface area (Å²) in [6.07, 6.45) is 0. The van der Waals surface area contributed by atoms with Gasteiger partial charge < -0.3 is 14.8 Å². The molecule has 2 N–H and O–H groups in total. The zero-order chi connectivity index (χ0) is 16.7. The summed E-state index contributed by atoms with van der Waals surface area (Å²) in [5.74, 6) is -0.382. The summed E-state index contributed by atoms with van der Waals surface area (Å²) < 4.78 is 1.56. The lowest BCUT2D eigenvalue weighted by atomic mass is 9.91. The molecule has 0 saturated heterocycles. The maximum Gasteiger partial charge on any atom is 0.213 e. The Morgan fingerprint density at radius 3 is 2.41 bits per heavy atom. The molecular formula is C17H19ClN2O2. The Bertz CT molecular complexity index is 764. The molecule has 1 heterocycles. The summed E-state index contributed by atoms with van der Waals surface area (Å²) in [6, 6.07) is 7.50. The number of aromatic nitrogens is 1. The first-order valence-corrected chi connectivity index (χ1v) is 7.34. The molecular weight excluding hydrogens is 300 g/mol. The van der Waals surface area contributed by atoms with Crippen molar-refractivity contribution >= 4 is 11.6 Å². The lowest BCUT2D eigenvalue weighted by molar-refractivity contribution is 0.401. The summed E-state index contributed by atoms with van der Waals surface area (Å²) in [5.41, 5.74) is 1.86. The van der Waals surface area contributed by atoms with Crippen molar-refractivity contribution in [1.29, 1.82) is 5.26 Å². The number of halogens is 1. The van der Waals surface area contributed by atoms with Crippen LogP contribution in [0.3, 0.4) is 0 Å². The maximum absolute atomic E-state index is 10.3. The third kappa shape index (κ3) is 2.77. The Morgan fingerprint density at radius 2 is 1.91 bits per heavy atom. The molecule has 4 nitrogen and oxygen atoms in total. The number of aryl methyl sites for hydroxylation is 1. The second-order valence-electron chi connectivity index (χ2n) is 6.43. The van der Waals surface area contributed by atoms with Gasteiger partial charge in [0.05, 0.1) is 12.2 Å². The van der Waals surface area contributed by atoms with Crippen LogP contribution in [0.2, 0.25) is 5.02 Å². The highest BCUT2D eigenvalue weighted by Crippen LogP contribution is 2.41. The van der Waals surface area contributed by atoms with Crippen LogP contribution in [0.15, 0.2) is 18.2 Å². The maximum atomic E-state index is 10.3. The molecule has 2 aromatic rings. The fourth-order valence-corrected chi connectivity index (χ4v) is 2.73. The molecule has 0 aliphatic carbocycles. The third-order valence-corrected chi connectivity index (χ3v) is 4.02. The van der Waals surface area contributed by atoms with Gasteiger partial charge in [0.1, 0.15) is 6.07 Å². The highest BCUT2D eigenvalue weighted by Gasteiger charge is 2.30. The van der Waals surface area contributed by atoms with Crippen LogP contribution in [-0.4, -0.2) is 14.8 Å². The van der Waals surface area contributed by atoms with Crippen LogP contribution >= 0.6 is 11.6 Å². The Balaban J connectivity index is 2.59. The van der Waals surface area contributed by atoms with E-state index in [0.717, 1.165) is 11.1 Å². The van der Waals surface area contributed by atoms with Crippen LogP contribution < -0.4 is 0 Å². The Hall–Kier alpha value is -2.12. The topological polar surface area (TPSA) is 69.2 Å². The van der Waals surface area contributed by atoms with Gasteiger partial charge in [-0.3, -0.25) is 0 Å². The number of hydrogen-bond acceptors (Lipinski definition) is 3. The minimum atomic E-state index is -0.425. The van der Waals surface area contributed by atoms with Crippen molar-refractivity contribution in [1.82, 2.24) is 4.57 Å². The van der Waals surface area contributed by atoms with Gasteiger partial charge in [-0.05, 0) is 24.1 Å². The van der Waals surface area contributed by atoms with Crippen LogP contribution in [0.4, 0.5) is 0 Å². The summed E-state index contributed by atoms with van der Waals surface area (Å²) in [5, 5.41) is 30.3. The van der Waals surface area contributed by atoms with E-state index in [1.54, 1.807) is 4.57 Å². The fraction of sp³-hybridized carbons (Fsp3) is 0.353. The normalized spacial score (nSPS) is 11.5. The first-order valence-electron chi connectivity index (χ1n) is 6.96. The molecule has 0 unspecified atom stereocenters. The zero-order valence-electron chi connectivity index (χ0n) is 13.1. The fourth-order valence-electron chi connectivity index (χ4n) is 2.53. The average molecular weight is 319 g/mol. The molecule has 116 valence electrons. The molecule has 0 spiro atoms. The van der Waals surface area contributed by atoms with E-state index in [-0.39, 0.29) is 17.2 Å². The van der Waals surface area contributed by atoms with E-state index in [1.165, 1.54) is 0 Å². The number of aromatic hydroxyl groups is 2. The lowest BCUT2D eigenvalue weighted by Crippen LogP contribution is -2.18. The van der Waals surface area contributed by atoms with Crippen LogP contribution in [0.1, 0.15) is 43.2 Å². The van der Waals surface area contributed by atoms with Crippen molar-refractivity contribution in [3.05, 3.63) is 45.6 Å². The van der Waals surface area contributed by atoms with Crippen LogP contribution in [0, 0.1) is 18.3 Å². The molecule has 22 heavy (non-hydrogen) atoms. The average Bonchev–Trinajstić information content (AvgIpc) is 2.64. The summed E-state index contributed by atoms with van der Waals surface area (Å²) in [4.78, 5) is 0. The minimum absolute atomic E-state index is 0.0943. The standard InChI is InChI=1S/C17H19ClN2O2/c1-10-5-6-11(7-13(10)18)9-20-15(17(2,3)4)14(21)12(8-19)16(20)22/h5-7,21-22H,9H2,1-4H3. The quantitative estimate of drug-likeness (QED) is 0.876. The largest absolute Gasteiger partial charge is 0.505 e. The van der Waals surface area contributed by atoms with Gasteiger partial charge in [-0.1, -0.05) is 44.5 Å². The number of hydrogen-bond donors (Lipinski definition) is 2. The van der Waals surface area contributed by atoms with Crippen molar-refractivity contribution in [2.45, 2.75) is 39.7 Å². The van der Waals surface area contributed by atoms with Gasteiger partial charge in [0.25, 0.3) is 0 Å². The van der Waals surface area contributed by atoms with Gasteiger partial charge in [-0.15, -0.1) is 0 Å². The minimum Gasteiger partial charge on any atom is -0.505 e. The van der Waals surface area contributed by atoms with Gasteiger partial charge in [-0.25, -0.2) is 0 Å². The molecule has 0 aliphatic heterocycles. The summed E-state index contributed by atoms with van der Waals surface area (Å²) in [7, 11) is 0. The Morgan fingerprint density at radius 1 is 1.27 bits per heavy atom. The molecule has 5 heteroatoms. The van der Waals surface area contributed by atoms with E-state index < -0.39 is 5.41 Å². The van der Waals surface area contributed by atoms with Gasteiger partial charge in [-0.2, -0.15) is 5.26 Å². The first-order chi connectivity index (χ1) is 10.2. The van der Waals surface area contributed by atoms with E-state index in [2.05, 4.69) is 0 Å². The van der Waals surface area contributed by atoms with Gasteiger partial charge in [0.15, 0.2) is 11.3 Å². The smallest absolute Gasteiger partial charge is 0.213 e. The van der Waals surface area contributed by atoms with Crippen LogP contribution in [-0.2, 0) is 12.0 Å². The molecule has 2 rings (SSSR count). The van der Waals surface area contributed by atoms with E-state index in [1.807, 2.05) is 52.0 Å². The SMILES string of the molecule is Cc1ccc(Cn2c(O)c(C#N)c(O)c2C(C)(C)C)cc1Cl. The van der Waals surface area contributed by atoms with E-state index in [4.69, 9.17) is 16.9 Å². The van der Waals surface area contributed by atoms with Gasteiger partial charge >= 0.3 is 0 Å². The van der Waals surface area contributed by atoms with Crippen molar-refractivity contribution in [2.24, 2.45) is 0 Å².